The van der Waals surface area contributed by atoms with Crippen molar-refractivity contribution in [1.82, 2.24) is 5.32 Å². The topological polar surface area (TPSA) is 41.5 Å². The van der Waals surface area contributed by atoms with Gasteiger partial charge in [0.25, 0.3) is 0 Å². The lowest BCUT2D eigenvalue weighted by Gasteiger charge is -2.23. The van der Waals surface area contributed by atoms with E-state index in [9.17, 15) is 5.11 Å². The van der Waals surface area contributed by atoms with Crippen LogP contribution in [0.2, 0.25) is 0 Å². The van der Waals surface area contributed by atoms with Gasteiger partial charge in [0.05, 0.1) is 11.6 Å². The highest BCUT2D eigenvalue weighted by Crippen LogP contribution is 2.44. The van der Waals surface area contributed by atoms with Gasteiger partial charge in [-0.3, -0.25) is 0 Å². The fourth-order valence-electron chi connectivity index (χ4n) is 3.63. The van der Waals surface area contributed by atoms with E-state index in [1.54, 1.807) is 7.11 Å². The van der Waals surface area contributed by atoms with Crippen molar-refractivity contribution in [3.8, 4) is 11.5 Å². The van der Waals surface area contributed by atoms with Gasteiger partial charge in [-0.2, -0.15) is 0 Å². The molecular weight excluding hydrogens is 306 g/mol. The Balaban J connectivity index is 1.65. The van der Waals surface area contributed by atoms with Crippen LogP contribution in [0.4, 0.5) is 0 Å². The lowest BCUT2D eigenvalue weighted by Crippen LogP contribution is -2.33. The molecule has 2 aliphatic carbocycles. The molecule has 1 aromatic rings. The molecule has 3 unspecified atom stereocenters. The molecule has 2 fully saturated rings. The van der Waals surface area contributed by atoms with Gasteiger partial charge in [0.1, 0.15) is 0 Å². The first-order chi connectivity index (χ1) is 9.17. The summed E-state index contributed by atoms with van der Waals surface area (Å²) in [6.07, 6.45) is 5.58. The standard InChI is InChI=1S/C15H20BrNO2/c1-19-14-7-10(5-12(16)15(14)18)8-17-13-6-9-2-3-11(13)4-9/h5,7,9,11,13,17-18H,2-4,6,8H2,1H3. The molecule has 1 aromatic carbocycles. The maximum atomic E-state index is 9.80. The Labute approximate surface area is 122 Å². The highest BCUT2D eigenvalue weighted by atomic mass is 79.9. The van der Waals surface area contributed by atoms with Gasteiger partial charge in [0.15, 0.2) is 11.5 Å². The average Bonchev–Trinajstić information content (AvgIpc) is 3.02. The Bertz CT molecular complexity index is 477. The smallest absolute Gasteiger partial charge is 0.172 e. The molecule has 3 rings (SSSR count). The molecule has 2 aliphatic rings. The third-order valence-electron chi connectivity index (χ3n) is 4.61. The van der Waals surface area contributed by atoms with E-state index in [4.69, 9.17) is 4.74 Å². The van der Waals surface area contributed by atoms with Crippen molar-refractivity contribution >= 4 is 15.9 Å². The van der Waals surface area contributed by atoms with Gasteiger partial charge in [0, 0.05) is 12.6 Å². The normalized spacial score (nSPS) is 28.8. The van der Waals surface area contributed by atoms with Crippen LogP contribution < -0.4 is 10.1 Å². The van der Waals surface area contributed by atoms with Gasteiger partial charge >= 0.3 is 0 Å². The summed E-state index contributed by atoms with van der Waals surface area (Å²) in [6.45, 7) is 0.836. The van der Waals surface area contributed by atoms with Crippen molar-refractivity contribution in [1.29, 1.82) is 0 Å². The second-order valence-corrected chi connectivity index (χ2v) is 6.65. The number of aromatic hydroxyl groups is 1. The molecule has 0 aliphatic heterocycles. The zero-order valence-corrected chi connectivity index (χ0v) is 12.7. The van der Waals surface area contributed by atoms with Crippen LogP contribution >= 0.6 is 15.9 Å². The lowest BCUT2D eigenvalue weighted by molar-refractivity contribution is 0.349. The van der Waals surface area contributed by atoms with Crippen LogP contribution in [0, 0.1) is 11.8 Å². The van der Waals surface area contributed by atoms with Crippen LogP contribution in [-0.4, -0.2) is 18.3 Å². The first kappa shape index (κ1) is 13.3. The molecule has 0 amide bonds. The fourth-order valence-corrected chi connectivity index (χ4v) is 4.12. The van der Waals surface area contributed by atoms with E-state index < -0.39 is 0 Å². The summed E-state index contributed by atoms with van der Waals surface area (Å²) in [5, 5.41) is 13.5. The number of methoxy groups -OCH3 is 1. The zero-order chi connectivity index (χ0) is 13.4. The SMILES string of the molecule is COc1cc(CNC2CC3CCC2C3)cc(Br)c1O. The van der Waals surface area contributed by atoms with Gasteiger partial charge in [0.2, 0.25) is 0 Å². The molecule has 0 saturated heterocycles. The third kappa shape index (κ3) is 2.61. The number of fused-ring (bicyclic) bond motifs is 2. The van der Waals surface area contributed by atoms with Crippen LogP contribution in [0.25, 0.3) is 0 Å². The average molecular weight is 326 g/mol. The molecule has 4 heteroatoms. The van der Waals surface area contributed by atoms with E-state index in [0.29, 0.717) is 16.3 Å². The number of nitrogens with one attached hydrogen (secondary N) is 1. The van der Waals surface area contributed by atoms with E-state index in [-0.39, 0.29) is 5.75 Å². The Hall–Kier alpha value is -0.740. The lowest BCUT2D eigenvalue weighted by atomic mass is 9.95. The van der Waals surface area contributed by atoms with E-state index in [0.717, 1.165) is 23.9 Å². The summed E-state index contributed by atoms with van der Waals surface area (Å²) < 4.78 is 5.87. The van der Waals surface area contributed by atoms with Gasteiger partial charge in [-0.1, -0.05) is 6.42 Å². The molecule has 104 valence electrons. The number of phenols is 1. The minimum absolute atomic E-state index is 0.172. The molecule has 2 saturated carbocycles. The summed E-state index contributed by atoms with van der Waals surface area (Å²) >= 11 is 3.37. The van der Waals surface area contributed by atoms with E-state index in [1.165, 1.54) is 25.7 Å². The number of ether oxygens (including phenoxy) is 1. The van der Waals surface area contributed by atoms with E-state index >= 15 is 0 Å². The minimum atomic E-state index is 0.172. The Morgan fingerprint density at radius 1 is 1.37 bits per heavy atom. The van der Waals surface area contributed by atoms with Crippen molar-refractivity contribution in [2.24, 2.45) is 11.8 Å². The van der Waals surface area contributed by atoms with Gasteiger partial charge in [-0.25, -0.2) is 0 Å². The second-order valence-electron chi connectivity index (χ2n) is 5.79. The molecule has 3 atom stereocenters. The first-order valence-electron chi connectivity index (χ1n) is 6.96. The Kier molecular flexibility index (Phi) is 3.72. The van der Waals surface area contributed by atoms with Crippen LogP contribution in [0.5, 0.6) is 11.5 Å². The maximum Gasteiger partial charge on any atom is 0.172 e. The highest BCUT2D eigenvalue weighted by molar-refractivity contribution is 9.10. The summed E-state index contributed by atoms with van der Waals surface area (Å²) in [6, 6.07) is 4.54. The molecule has 0 radical (unpaired) electrons. The predicted octanol–water partition coefficient (Wildman–Crippen LogP) is 3.44. The van der Waals surface area contributed by atoms with Crippen LogP contribution in [0.3, 0.4) is 0 Å². The minimum Gasteiger partial charge on any atom is -0.503 e. The van der Waals surface area contributed by atoms with Crippen molar-refractivity contribution in [2.75, 3.05) is 7.11 Å². The van der Waals surface area contributed by atoms with Crippen LogP contribution in [0.15, 0.2) is 16.6 Å². The van der Waals surface area contributed by atoms with E-state index in [1.807, 2.05) is 12.1 Å². The fraction of sp³-hybridized carbons (Fsp3) is 0.600. The molecule has 3 nitrogen and oxygen atoms in total. The second kappa shape index (κ2) is 5.33. The number of hydrogen-bond donors (Lipinski definition) is 2. The largest absolute Gasteiger partial charge is 0.503 e. The summed E-state index contributed by atoms with van der Waals surface area (Å²) in [5.74, 6) is 2.54. The number of hydrogen-bond acceptors (Lipinski definition) is 3. The summed E-state index contributed by atoms with van der Waals surface area (Å²) in [4.78, 5) is 0. The number of benzene rings is 1. The molecule has 2 N–H and O–H groups in total. The number of phenolic OH excluding ortho intramolecular Hbond substituents is 1. The van der Waals surface area contributed by atoms with E-state index in [2.05, 4.69) is 21.2 Å². The number of halogens is 1. The van der Waals surface area contributed by atoms with Crippen LogP contribution in [-0.2, 0) is 6.54 Å². The van der Waals surface area contributed by atoms with Crippen LogP contribution in [0.1, 0.15) is 31.2 Å². The molecular formula is C15H20BrNO2. The first-order valence-corrected chi connectivity index (χ1v) is 7.75. The monoisotopic (exact) mass is 325 g/mol. The molecule has 0 aromatic heterocycles. The molecule has 0 heterocycles. The quantitative estimate of drug-likeness (QED) is 0.891. The van der Waals surface area contributed by atoms with Gasteiger partial charge < -0.3 is 15.2 Å². The summed E-state index contributed by atoms with van der Waals surface area (Å²) in [5.41, 5.74) is 1.14. The van der Waals surface area contributed by atoms with Crippen molar-refractivity contribution in [3.63, 3.8) is 0 Å². The van der Waals surface area contributed by atoms with Crippen molar-refractivity contribution in [3.05, 3.63) is 22.2 Å². The van der Waals surface area contributed by atoms with Gasteiger partial charge in [-0.05, 0) is 64.7 Å². The molecule has 0 spiro atoms. The highest BCUT2D eigenvalue weighted by Gasteiger charge is 2.38. The Morgan fingerprint density at radius 3 is 2.84 bits per heavy atom. The van der Waals surface area contributed by atoms with Crippen molar-refractivity contribution in [2.45, 2.75) is 38.3 Å². The molecule has 19 heavy (non-hydrogen) atoms. The summed E-state index contributed by atoms with van der Waals surface area (Å²) in [7, 11) is 1.58. The zero-order valence-electron chi connectivity index (χ0n) is 11.2. The third-order valence-corrected chi connectivity index (χ3v) is 5.22. The maximum absolute atomic E-state index is 9.80. The van der Waals surface area contributed by atoms with Crippen molar-refractivity contribution < 1.29 is 9.84 Å². The molecule has 2 bridgehead atoms. The Morgan fingerprint density at radius 2 is 2.21 bits per heavy atom. The predicted molar refractivity (Wildman–Crippen MR) is 78.4 cm³/mol. The number of rotatable bonds is 4. The van der Waals surface area contributed by atoms with Gasteiger partial charge in [-0.15, -0.1) is 0 Å².